The molecule has 1 saturated heterocycles. The highest BCUT2D eigenvalue weighted by molar-refractivity contribution is 6.04. The highest BCUT2D eigenvalue weighted by Gasteiger charge is 2.35. The van der Waals surface area contributed by atoms with Crippen molar-refractivity contribution in [1.82, 2.24) is 14.7 Å². The SMILES string of the molecule is CC(C)N(CCCO)C(=O)CN1C(=O)CN(C)C1=O. The molecule has 0 bridgehead atoms. The van der Waals surface area contributed by atoms with Gasteiger partial charge in [-0.2, -0.15) is 0 Å². The number of hydrogen-bond acceptors (Lipinski definition) is 4. The van der Waals surface area contributed by atoms with E-state index in [0.29, 0.717) is 13.0 Å². The summed E-state index contributed by atoms with van der Waals surface area (Å²) < 4.78 is 0. The van der Waals surface area contributed by atoms with Crippen LogP contribution in [0.25, 0.3) is 0 Å². The Hall–Kier alpha value is -1.63. The van der Waals surface area contributed by atoms with Crippen molar-refractivity contribution in [3.8, 4) is 0 Å². The molecule has 1 rings (SSSR count). The third-order valence-electron chi connectivity index (χ3n) is 3.03. The minimum Gasteiger partial charge on any atom is -0.396 e. The summed E-state index contributed by atoms with van der Waals surface area (Å²) in [5.74, 6) is -0.632. The molecule has 108 valence electrons. The van der Waals surface area contributed by atoms with Crippen molar-refractivity contribution in [2.75, 3.05) is 33.3 Å². The zero-order chi connectivity index (χ0) is 14.6. The molecule has 0 aromatic carbocycles. The molecule has 1 aliphatic heterocycles. The normalized spacial score (nSPS) is 15.6. The second-order valence-electron chi connectivity index (χ2n) is 4.88. The molecule has 0 aromatic heterocycles. The number of rotatable bonds is 6. The van der Waals surface area contributed by atoms with Crippen molar-refractivity contribution in [2.24, 2.45) is 0 Å². The van der Waals surface area contributed by atoms with Gasteiger partial charge < -0.3 is 14.9 Å². The van der Waals surface area contributed by atoms with Crippen molar-refractivity contribution in [2.45, 2.75) is 26.3 Å². The molecule has 0 aromatic rings. The van der Waals surface area contributed by atoms with Crippen LogP contribution in [-0.4, -0.2) is 77.0 Å². The summed E-state index contributed by atoms with van der Waals surface area (Å²) in [6, 6.07) is -0.478. The highest BCUT2D eigenvalue weighted by atomic mass is 16.3. The van der Waals surface area contributed by atoms with Gasteiger partial charge in [0.15, 0.2) is 0 Å². The maximum Gasteiger partial charge on any atom is 0.327 e. The fourth-order valence-electron chi connectivity index (χ4n) is 1.96. The molecule has 4 amide bonds. The van der Waals surface area contributed by atoms with Crippen molar-refractivity contribution in [3.05, 3.63) is 0 Å². The lowest BCUT2D eigenvalue weighted by molar-refractivity contribution is -0.137. The van der Waals surface area contributed by atoms with E-state index in [9.17, 15) is 14.4 Å². The number of nitrogens with zero attached hydrogens (tertiary/aromatic N) is 3. The Balaban J connectivity index is 2.66. The van der Waals surface area contributed by atoms with Crippen LogP contribution in [0.4, 0.5) is 4.79 Å². The van der Waals surface area contributed by atoms with Gasteiger partial charge in [0.25, 0.3) is 5.91 Å². The third-order valence-corrected chi connectivity index (χ3v) is 3.03. The molecule has 0 atom stereocenters. The van der Waals surface area contributed by atoms with Gasteiger partial charge in [0.1, 0.15) is 13.1 Å². The van der Waals surface area contributed by atoms with Gasteiger partial charge in [0.2, 0.25) is 5.91 Å². The van der Waals surface area contributed by atoms with Crippen LogP contribution in [0.5, 0.6) is 0 Å². The topological polar surface area (TPSA) is 81.2 Å². The Morgan fingerprint density at radius 2 is 2.05 bits per heavy atom. The van der Waals surface area contributed by atoms with Gasteiger partial charge in [-0.25, -0.2) is 4.79 Å². The molecule has 19 heavy (non-hydrogen) atoms. The first-order chi connectivity index (χ1) is 8.88. The Bertz CT molecular complexity index is 370. The van der Waals surface area contributed by atoms with Crippen LogP contribution in [0, 0.1) is 0 Å². The maximum atomic E-state index is 12.1. The monoisotopic (exact) mass is 271 g/mol. The van der Waals surface area contributed by atoms with Crippen LogP contribution in [0.2, 0.25) is 0 Å². The molecule has 7 heteroatoms. The van der Waals surface area contributed by atoms with Crippen LogP contribution in [0.1, 0.15) is 20.3 Å². The first kappa shape index (κ1) is 15.4. The Morgan fingerprint density at radius 3 is 2.47 bits per heavy atom. The lowest BCUT2D eigenvalue weighted by atomic mass is 10.2. The van der Waals surface area contributed by atoms with Crippen LogP contribution in [-0.2, 0) is 9.59 Å². The highest BCUT2D eigenvalue weighted by Crippen LogP contribution is 2.09. The molecule has 0 unspecified atom stereocenters. The molecule has 0 radical (unpaired) electrons. The largest absolute Gasteiger partial charge is 0.396 e. The number of urea groups is 1. The van der Waals surface area contributed by atoms with Crippen molar-refractivity contribution < 1.29 is 19.5 Å². The van der Waals surface area contributed by atoms with E-state index in [-0.39, 0.29) is 37.6 Å². The molecular formula is C12H21N3O4. The second-order valence-corrected chi connectivity index (χ2v) is 4.88. The van der Waals surface area contributed by atoms with E-state index in [0.717, 1.165) is 4.90 Å². The number of aliphatic hydroxyl groups is 1. The van der Waals surface area contributed by atoms with Gasteiger partial charge in [-0.05, 0) is 20.3 Å². The van der Waals surface area contributed by atoms with E-state index in [1.807, 2.05) is 13.8 Å². The summed E-state index contributed by atoms with van der Waals surface area (Å²) in [5.41, 5.74) is 0. The number of hydrogen-bond donors (Lipinski definition) is 1. The molecule has 1 aliphatic rings. The van der Waals surface area contributed by atoms with E-state index in [2.05, 4.69) is 0 Å². The maximum absolute atomic E-state index is 12.1. The minimum absolute atomic E-state index is 0.000807. The van der Waals surface area contributed by atoms with Crippen LogP contribution in [0.15, 0.2) is 0 Å². The van der Waals surface area contributed by atoms with Gasteiger partial charge >= 0.3 is 6.03 Å². The predicted octanol–water partition coefficient (Wildman–Crippen LogP) is -0.500. The summed E-state index contributed by atoms with van der Waals surface area (Å²) in [5, 5.41) is 8.82. The van der Waals surface area contributed by atoms with Gasteiger partial charge in [-0.15, -0.1) is 0 Å². The Labute approximate surface area is 112 Å². The molecule has 1 heterocycles. The Kier molecular flexibility index (Phi) is 5.29. The smallest absolute Gasteiger partial charge is 0.327 e. The van der Waals surface area contributed by atoms with Crippen molar-refractivity contribution in [1.29, 1.82) is 0 Å². The quantitative estimate of drug-likeness (QED) is 0.660. The molecule has 1 fully saturated rings. The summed E-state index contributed by atoms with van der Waals surface area (Å²) in [6.45, 7) is 3.92. The van der Waals surface area contributed by atoms with E-state index < -0.39 is 6.03 Å². The fourth-order valence-corrected chi connectivity index (χ4v) is 1.96. The summed E-state index contributed by atoms with van der Waals surface area (Å²) in [4.78, 5) is 39.2. The molecular weight excluding hydrogens is 250 g/mol. The minimum atomic E-state index is -0.441. The standard InChI is InChI=1S/C12H21N3O4/c1-9(2)14(5-4-6-16)11(18)8-15-10(17)7-13(3)12(15)19/h9,16H,4-8H2,1-3H3. The fraction of sp³-hybridized carbons (Fsp3) is 0.750. The first-order valence-corrected chi connectivity index (χ1v) is 6.34. The van der Waals surface area contributed by atoms with Gasteiger partial charge in [0.05, 0.1) is 0 Å². The predicted molar refractivity (Wildman–Crippen MR) is 68.3 cm³/mol. The zero-order valence-electron chi connectivity index (χ0n) is 11.6. The van der Waals surface area contributed by atoms with Gasteiger partial charge in [0, 0.05) is 26.2 Å². The lowest BCUT2D eigenvalue weighted by Crippen LogP contribution is -2.46. The van der Waals surface area contributed by atoms with Crippen molar-refractivity contribution >= 4 is 17.8 Å². The number of carbonyl (C=O) groups excluding carboxylic acids is 3. The molecule has 0 saturated carbocycles. The third kappa shape index (κ3) is 3.66. The second kappa shape index (κ2) is 6.51. The average Bonchev–Trinajstić information content (AvgIpc) is 2.56. The first-order valence-electron chi connectivity index (χ1n) is 6.34. The average molecular weight is 271 g/mol. The number of carbonyl (C=O) groups is 3. The van der Waals surface area contributed by atoms with E-state index in [1.165, 1.54) is 11.9 Å². The zero-order valence-corrected chi connectivity index (χ0v) is 11.6. The van der Waals surface area contributed by atoms with Crippen LogP contribution < -0.4 is 0 Å². The Morgan fingerprint density at radius 1 is 1.42 bits per heavy atom. The van der Waals surface area contributed by atoms with Gasteiger partial charge in [-0.3, -0.25) is 14.5 Å². The van der Waals surface area contributed by atoms with Crippen LogP contribution >= 0.6 is 0 Å². The van der Waals surface area contributed by atoms with Crippen LogP contribution in [0.3, 0.4) is 0 Å². The lowest BCUT2D eigenvalue weighted by Gasteiger charge is -2.28. The summed E-state index contributed by atoms with van der Waals surface area (Å²) in [7, 11) is 1.52. The number of amides is 4. The summed E-state index contributed by atoms with van der Waals surface area (Å²) in [6.07, 6.45) is 0.478. The van der Waals surface area contributed by atoms with Gasteiger partial charge in [-0.1, -0.05) is 0 Å². The summed E-state index contributed by atoms with van der Waals surface area (Å²) >= 11 is 0. The molecule has 0 spiro atoms. The molecule has 0 aliphatic carbocycles. The number of aliphatic hydroxyl groups excluding tert-OH is 1. The molecule has 7 nitrogen and oxygen atoms in total. The van der Waals surface area contributed by atoms with E-state index in [1.54, 1.807) is 4.90 Å². The number of imide groups is 1. The molecule has 1 N–H and O–H groups in total. The van der Waals surface area contributed by atoms with Crippen molar-refractivity contribution in [3.63, 3.8) is 0 Å². The van der Waals surface area contributed by atoms with E-state index >= 15 is 0 Å². The van der Waals surface area contributed by atoms with E-state index in [4.69, 9.17) is 5.11 Å². The number of likely N-dealkylation sites (N-methyl/N-ethyl adjacent to an activating group) is 1.